The molecule has 2 aromatic rings. The molecule has 0 spiro atoms. The van der Waals surface area contributed by atoms with E-state index in [4.69, 9.17) is 29.6 Å². The van der Waals surface area contributed by atoms with E-state index in [0.29, 0.717) is 22.0 Å². The van der Waals surface area contributed by atoms with E-state index >= 15 is 0 Å². The van der Waals surface area contributed by atoms with Crippen LogP contribution in [0, 0.1) is 5.82 Å². The number of thiocarbonyl (C=S) groups is 1. The molecular formula is C13H9BrClFN2S. The first kappa shape index (κ1) is 14.2. The highest BCUT2D eigenvalue weighted by molar-refractivity contribution is 9.10. The fourth-order valence-electron chi connectivity index (χ4n) is 1.57. The third kappa shape index (κ3) is 3.43. The summed E-state index contributed by atoms with van der Waals surface area (Å²) < 4.78 is 14.6. The van der Waals surface area contributed by atoms with Crippen LogP contribution >= 0.6 is 39.7 Å². The van der Waals surface area contributed by atoms with Crippen molar-refractivity contribution in [1.29, 1.82) is 0 Å². The van der Waals surface area contributed by atoms with Crippen LogP contribution in [0.25, 0.3) is 0 Å². The fourth-order valence-corrected chi connectivity index (χ4v) is 2.27. The molecule has 0 aliphatic rings. The van der Waals surface area contributed by atoms with Gasteiger partial charge in [-0.15, -0.1) is 0 Å². The summed E-state index contributed by atoms with van der Waals surface area (Å²) in [7, 11) is 0. The van der Waals surface area contributed by atoms with Crippen molar-refractivity contribution >= 4 is 56.1 Å². The average molecular weight is 360 g/mol. The molecule has 0 fully saturated rings. The maximum atomic E-state index is 13.7. The SMILES string of the molecule is NC(=S)c1ccc(Br)cc1Nc1ccc(Cl)cc1F. The molecule has 0 bridgehead atoms. The van der Waals surface area contributed by atoms with Crippen LogP contribution in [0.4, 0.5) is 15.8 Å². The van der Waals surface area contributed by atoms with Gasteiger partial charge in [-0.05, 0) is 36.4 Å². The number of halogens is 3. The molecule has 3 N–H and O–H groups in total. The molecule has 98 valence electrons. The molecule has 0 radical (unpaired) electrons. The van der Waals surface area contributed by atoms with Crippen molar-refractivity contribution < 1.29 is 4.39 Å². The highest BCUT2D eigenvalue weighted by Crippen LogP contribution is 2.27. The van der Waals surface area contributed by atoms with E-state index in [1.807, 2.05) is 6.07 Å². The van der Waals surface area contributed by atoms with Crippen LogP contribution in [0.1, 0.15) is 5.56 Å². The van der Waals surface area contributed by atoms with Crippen molar-refractivity contribution in [2.45, 2.75) is 0 Å². The quantitative estimate of drug-likeness (QED) is 0.785. The van der Waals surface area contributed by atoms with Gasteiger partial charge < -0.3 is 11.1 Å². The molecule has 2 aromatic carbocycles. The summed E-state index contributed by atoms with van der Waals surface area (Å²) >= 11 is 14.0. The Morgan fingerprint density at radius 2 is 1.95 bits per heavy atom. The highest BCUT2D eigenvalue weighted by atomic mass is 79.9. The molecular weight excluding hydrogens is 351 g/mol. The Morgan fingerprint density at radius 1 is 1.21 bits per heavy atom. The van der Waals surface area contributed by atoms with Crippen molar-refractivity contribution in [3.63, 3.8) is 0 Å². The first-order valence-corrected chi connectivity index (χ1v) is 6.87. The monoisotopic (exact) mass is 358 g/mol. The lowest BCUT2D eigenvalue weighted by Gasteiger charge is -2.12. The molecule has 6 heteroatoms. The maximum Gasteiger partial charge on any atom is 0.148 e. The van der Waals surface area contributed by atoms with Crippen molar-refractivity contribution in [1.82, 2.24) is 0 Å². The van der Waals surface area contributed by atoms with Crippen LogP contribution in [0.5, 0.6) is 0 Å². The second-order valence-corrected chi connectivity index (χ2v) is 5.60. The van der Waals surface area contributed by atoms with Crippen LogP contribution in [0.15, 0.2) is 40.9 Å². The lowest BCUT2D eigenvalue weighted by molar-refractivity contribution is 0.632. The molecule has 2 nitrogen and oxygen atoms in total. The van der Waals surface area contributed by atoms with Gasteiger partial charge in [-0.25, -0.2) is 4.39 Å². The number of nitrogens with two attached hydrogens (primary N) is 1. The second-order valence-electron chi connectivity index (χ2n) is 3.80. The Hall–Kier alpha value is -1.17. The smallest absolute Gasteiger partial charge is 0.148 e. The average Bonchev–Trinajstić information content (AvgIpc) is 2.32. The lowest BCUT2D eigenvalue weighted by atomic mass is 10.1. The summed E-state index contributed by atoms with van der Waals surface area (Å²) in [6, 6.07) is 9.76. The maximum absolute atomic E-state index is 13.7. The third-order valence-corrected chi connectivity index (χ3v) is 3.40. The minimum atomic E-state index is -0.443. The highest BCUT2D eigenvalue weighted by Gasteiger charge is 2.09. The molecule has 19 heavy (non-hydrogen) atoms. The van der Waals surface area contributed by atoms with Crippen LogP contribution in [-0.4, -0.2) is 4.99 Å². The third-order valence-electron chi connectivity index (χ3n) is 2.45. The molecule has 0 aliphatic carbocycles. The Labute approximate surface area is 128 Å². The zero-order chi connectivity index (χ0) is 14.0. The molecule has 0 saturated carbocycles. The Kier molecular flexibility index (Phi) is 4.39. The standard InChI is InChI=1S/C13H9BrClFN2S/c14-7-1-3-9(13(17)19)12(5-7)18-11-4-2-8(15)6-10(11)16/h1-6,18H,(H2,17,19). The van der Waals surface area contributed by atoms with Gasteiger partial charge in [-0.2, -0.15) is 0 Å². The van der Waals surface area contributed by atoms with Crippen LogP contribution < -0.4 is 11.1 Å². The first-order valence-electron chi connectivity index (χ1n) is 5.29. The zero-order valence-corrected chi connectivity index (χ0v) is 12.7. The van der Waals surface area contributed by atoms with Crippen LogP contribution in [-0.2, 0) is 0 Å². The molecule has 0 saturated heterocycles. The van der Waals surface area contributed by atoms with E-state index in [1.54, 1.807) is 24.3 Å². The van der Waals surface area contributed by atoms with E-state index in [0.717, 1.165) is 4.47 Å². The van der Waals surface area contributed by atoms with E-state index in [1.165, 1.54) is 6.07 Å². The van der Waals surface area contributed by atoms with Gasteiger partial charge >= 0.3 is 0 Å². The van der Waals surface area contributed by atoms with Crippen molar-refractivity contribution in [3.05, 3.63) is 57.3 Å². The molecule has 0 aromatic heterocycles. The number of rotatable bonds is 3. The Morgan fingerprint density at radius 3 is 2.58 bits per heavy atom. The minimum Gasteiger partial charge on any atom is -0.389 e. The summed E-state index contributed by atoms with van der Waals surface area (Å²) in [4.78, 5) is 0.240. The summed E-state index contributed by atoms with van der Waals surface area (Å²) in [6.45, 7) is 0. The lowest BCUT2D eigenvalue weighted by Crippen LogP contribution is -2.12. The van der Waals surface area contributed by atoms with E-state index in [-0.39, 0.29) is 4.99 Å². The first-order chi connectivity index (χ1) is 8.97. The largest absolute Gasteiger partial charge is 0.389 e. The summed E-state index contributed by atoms with van der Waals surface area (Å²) in [5, 5.41) is 3.30. The Balaban J connectivity index is 2.42. The zero-order valence-electron chi connectivity index (χ0n) is 9.58. The van der Waals surface area contributed by atoms with Crippen molar-refractivity contribution in [3.8, 4) is 0 Å². The normalized spacial score (nSPS) is 10.3. The topological polar surface area (TPSA) is 38.0 Å². The van der Waals surface area contributed by atoms with Gasteiger partial charge in [0.1, 0.15) is 10.8 Å². The minimum absolute atomic E-state index is 0.240. The van der Waals surface area contributed by atoms with Gasteiger partial charge in [-0.3, -0.25) is 0 Å². The van der Waals surface area contributed by atoms with Gasteiger partial charge in [0.2, 0.25) is 0 Å². The predicted molar refractivity (Wildman–Crippen MR) is 84.7 cm³/mol. The molecule has 0 heterocycles. The van der Waals surface area contributed by atoms with Crippen LogP contribution in [0.3, 0.4) is 0 Å². The van der Waals surface area contributed by atoms with Gasteiger partial charge in [0, 0.05) is 20.7 Å². The van der Waals surface area contributed by atoms with Crippen LogP contribution in [0.2, 0.25) is 5.02 Å². The summed E-state index contributed by atoms with van der Waals surface area (Å²) in [5.74, 6) is -0.443. The van der Waals surface area contributed by atoms with Crippen molar-refractivity contribution in [2.75, 3.05) is 5.32 Å². The Bertz CT molecular complexity index is 649. The molecule has 0 atom stereocenters. The van der Waals surface area contributed by atoms with E-state index in [2.05, 4.69) is 21.2 Å². The number of benzene rings is 2. The second kappa shape index (κ2) is 5.86. The molecule has 0 unspecified atom stereocenters. The van der Waals surface area contributed by atoms with Gasteiger partial charge in [-0.1, -0.05) is 39.7 Å². The number of hydrogen-bond acceptors (Lipinski definition) is 2. The number of anilines is 2. The van der Waals surface area contributed by atoms with Gasteiger partial charge in [0.05, 0.1) is 5.69 Å². The summed E-state index contributed by atoms with van der Waals surface area (Å²) in [6.07, 6.45) is 0. The summed E-state index contributed by atoms with van der Waals surface area (Å²) in [5.41, 5.74) is 7.22. The van der Waals surface area contributed by atoms with Crippen molar-refractivity contribution in [2.24, 2.45) is 5.73 Å². The molecule has 0 amide bonds. The molecule has 2 rings (SSSR count). The molecule has 0 aliphatic heterocycles. The van der Waals surface area contributed by atoms with Gasteiger partial charge in [0.15, 0.2) is 0 Å². The van der Waals surface area contributed by atoms with E-state index < -0.39 is 5.82 Å². The fraction of sp³-hybridized carbons (Fsp3) is 0. The number of nitrogens with one attached hydrogen (secondary N) is 1. The predicted octanol–water partition coefficient (Wildman–Crippen LogP) is 4.62. The number of hydrogen-bond donors (Lipinski definition) is 2. The van der Waals surface area contributed by atoms with E-state index in [9.17, 15) is 4.39 Å². The van der Waals surface area contributed by atoms with Gasteiger partial charge in [0.25, 0.3) is 0 Å².